The Balaban J connectivity index is 1.70. The molecule has 3 N–H and O–H groups in total. The van der Waals surface area contributed by atoms with E-state index in [4.69, 9.17) is 0 Å². The molecule has 3 aromatic rings. The Morgan fingerprint density at radius 3 is 2.14 bits per heavy atom. The highest BCUT2D eigenvalue weighted by Gasteiger charge is 2.10. The van der Waals surface area contributed by atoms with Gasteiger partial charge in [0.1, 0.15) is 17.8 Å². The monoisotopic (exact) mass is 375 g/mol. The second kappa shape index (κ2) is 8.30. The van der Waals surface area contributed by atoms with Crippen LogP contribution in [-0.4, -0.2) is 21.8 Å². The van der Waals surface area contributed by atoms with Crippen LogP contribution in [0.3, 0.4) is 0 Å². The fourth-order valence-corrected chi connectivity index (χ4v) is 2.55. The first-order valence-electron chi connectivity index (χ1n) is 8.76. The van der Waals surface area contributed by atoms with Crippen LogP contribution in [0, 0.1) is 13.8 Å². The van der Waals surface area contributed by atoms with Crippen molar-refractivity contribution in [2.45, 2.75) is 20.8 Å². The van der Waals surface area contributed by atoms with Crippen molar-refractivity contribution in [1.82, 2.24) is 9.97 Å². The van der Waals surface area contributed by atoms with Gasteiger partial charge in [0.15, 0.2) is 0 Å². The van der Waals surface area contributed by atoms with Crippen LogP contribution < -0.4 is 16.0 Å². The fraction of sp³-hybridized carbons (Fsp3) is 0.143. The van der Waals surface area contributed by atoms with Crippen LogP contribution >= 0.6 is 0 Å². The zero-order chi connectivity index (χ0) is 20.1. The van der Waals surface area contributed by atoms with E-state index in [0.29, 0.717) is 11.5 Å². The number of aryl methyl sites for hydroxylation is 2. The Hall–Kier alpha value is -3.74. The van der Waals surface area contributed by atoms with Crippen LogP contribution in [0.4, 0.5) is 22.9 Å². The maximum absolute atomic E-state index is 12.5. The average Bonchev–Trinajstić information content (AvgIpc) is 2.66. The first kappa shape index (κ1) is 19.0. The van der Waals surface area contributed by atoms with Crippen molar-refractivity contribution in [3.8, 4) is 0 Å². The van der Waals surface area contributed by atoms with E-state index in [2.05, 4.69) is 25.9 Å². The smallest absolute Gasteiger partial charge is 0.274 e. The highest BCUT2D eigenvalue weighted by molar-refractivity contribution is 6.03. The number of nitrogens with one attached hydrogen (secondary N) is 3. The molecular weight excluding hydrogens is 354 g/mol. The molecule has 0 unspecified atom stereocenters. The Morgan fingerprint density at radius 2 is 1.46 bits per heavy atom. The zero-order valence-corrected chi connectivity index (χ0v) is 15.9. The number of hydrogen-bond acceptors (Lipinski definition) is 5. The van der Waals surface area contributed by atoms with Crippen molar-refractivity contribution in [2.75, 3.05) is 16.0 Å². The van der Waals surface area contributed by atoms with Gasteiger partial charge in [-0.15, -0.1) is 0 Å². The van der Waals surface area contributed by atoms with E-state index >= 15 is 0 Å². The van der Waals surface area contributed by atoms with E-state index in [1.807, 2.05) is 44.2 Å². The van der Waals surface area contributed by atoms with E-state index in [9.17, 15) is 9.59 Å². The van der Waals surface area contributed by atoms with Crippen molar-refractivity contribution in [2.24, 2.45) is 0 Å². The van der Waals surface area contributed by atoms with Gasteiger partial charge in [0.2, 0.25) is 5.91 Å². The number of nitrogens with zero attached hydrogens (tertiary/aromatic N) is 2. The molecule has 0 aliphatic heterocycles. The summed E-state index contributed by atoms with van der Waals surface area (Å²) < 4.78 is 0. The number of amides is 2. The van der Waals surface area contributed by atoms with Gasteiger partial charge in [-0.3, -0.25) is 9.59 Å². The third-order valence-electron chi connectivity index (χ3n) is 4.14. The van der Waals surface area contributed by atoms with Gasteiger partial charge in [0.25, 0.3) is 5.91 Å². The molecular formula is C21H21N5O2. The van der Waals surface area contributed by atoms with Crippen LogP contribution in [-0.2, 0) is 4.79 Å². The highest BCUT2D eigenvalue weighted by Crippen LogP contribution is 2.19. The number of anilines is 4. The highest BCUT2D eigenvalue weighted by atomic mass is 16.2. The Bertz CT molecular complexity index is 1020. The molecule has 0 bridgehead atoms. The average molecular weight is 375 g/mol. The fourth-order valence-electron chi connectivity index (χ4n) is 2.55. The lowest BCUT2D eigenvalue weighted by Crippen LogP contribution is -2.14. The topological polar surface area (TPSA) is 96.0 Å². The van der Waals surface area contributed by atoms with E-state index in [0.717, 1.165) is 22.5 Å². The molecule has 0 aliphatic carbocycles. The number of benzene rings is 2. The summed E-state index contributed by atoms with van der Waals surface area (Å²) in [7, 11) is 0. The molecule has 0 saturated heterocycles. The van der Waals surface area contributed by atoms with E-state index in [-0.39, 0.29) is 17.5 Å². The molecule has 0 atom stereocenters. The third kappa shape index (κ3) is 4.91. The minimum Gasteiger partial charge on any atom is -0.340 e. The van der Waals surface area contributed by atoms with Gasteiger partial charge in [-0.2, -0.15) is 0 Å². The van der Waals surface area contributed by atoms with Gasteiger partial charge in [0, 0.05) is 30.1 Å². The Morgan fingerprint density at radius 1 is 0.786 bits per heavy atom. The van der Waals surface area contributed by atoms with Gasteiger partial charge in [-0.05, 0) is 61.4 Å². The predicted molar refractivity (Wildman–Crippen MR) is 110 cm³/mol. The van der Waals surface area contributed by atoms with E-state index in [1.165, 1.54) is 13.3 Å². The first-order valence-corrected chi connectivity index (χ1v) is 8.76. The molecule has 7 nitrogen and oxygen atoms in total. The van der Waals surface area contributed by atoms with E-state index in [1.54, 1.807) is 18.2 Å². The molecule has 2 amide bonds. The summed E-state index contributed by atoms with van der Waals surface area (Å²) in [5, 5.41) is 8.67. The zero-order valence-electron chi connectivity index (χ0n) is 15.9. The summed E-state index contributed by atoms with van der Waals surface area (Å²) in [6.45, 7) is 5.47. The molecule has 3 rings (SSSR count). The third-order valence-corrected chi connectivity index (χ3v) is 4.14. The summed E-state index contributed by atoms with van der Waals surface area (Å²) in [5.41, 5.74) is 4.71. The molecule has 2 aromatic carbocycles. The van der Waals surface area contributed by atoms with Gasteiger partial charge >= 0.3 is 0 Å². The maximum Gasteiger partial charge on any atom is 0.274 e. The van der Waals surface area contributed by atoms with Crippen molar-refractivity contribution in [3.05, 3.63) is 71.7 Å². The summed E-state index contributed by atoms with van der Waals surface area (Å²) in [6, 6.07) is 14.5. The lowest BCUT2D eigenvalue weighted by atomic mass is 10.1. The second-order valence-corrected chi connectivity index (χ2v) is 6.43. The summed E-state index contributed by atoms with van der Waals surface area (Å²) in [6.07, 6.45) is 1.34. The number of aromatic nitrogens is 2. The number of rotatable bonds is 5. The molecule has 7 heteroatoms. The molecule has 28 heavy (non-hydrogen) atoms. The summed E-state index contributed by atoms with van der Waals surface area (Å²) in [5.74, 6) is 0.0538. The Labute approximate surface area is 163 Å². The molecule has 0 fully saturated rings. The SMILES string of the molecule is CC(=O)Nc1ccc(Nc2cc(C(=O)Nc3ccc(C)c(C)c3)ncn2)cc1. The standard InChI is InChI=1S/C21H21N5O2/c1-13-4-5-18(10-14(13)2)26-21(28)19-11-20(23-12-22-19)25-17-8-6-16(7-9-17)24-15(3)27/h4-12H,1-3H3,(H,24,27)(H,26,28)(H,22,23,25). The Kier molecular flexibility index (Phi) is 5.64. The van der Waals surface area contributed by atoms with Crippen LogP contribution in [0.25, 0.3) is 0 Å². The van der Waals surface area contributed by atoms with Crippen molar-refractivity contribution < 1.29 is 9.59 Å². The van der Waals surface area contributed by atoms with Gasteiger partial charge < -0.3 is 16.0 Å². The van der Waals surface area contributed by atoms with Crippen molar-refractivity contribution in [3.63, 3.8) is 0 Å². The molecule has 1 heterocycles. The summed E-state index contributed by atoms with van der Waals surface area (Å²) in [4.78, 5) is 31.8. The van der Waals surface area contributed by atoms with Crippen molar-refractivity contribution >= 4 is 34.7 Å². The molecule has 0 radical (unpaired) electrons. The van der Waals surface area contributed by atoms with Crippen LogP contribution in [0.2, 0.25) is 0 Å². The van der Waals surface area contributed by atoms with Crippen LogP contribution in [0.5, 0.6) is 0 Å². The molecule has 0 saturated carbocycles. The lowest BCUT2D eigenvalue weighted by molar-refractivity contribution is -0.114. The molecule has 142 valence electrons. The molecule has 1 aromatic heterocycles. The normalized spacial score (nSPS) is 10.2. The minimum absolute atomic E-state index is 0.129. The predicted octanol–water partition coefficient (Wildman–Crippen LogP) is 4.05. The summed E-state index contributed by atoms with van der Waals surface area (Å²) >= 11 is 0. The van der Waals surface area contributed by atoms with Crippen molar-refractivity contribution in [1.29, 1.82) is 0 Å². The molecule has 0 aliphatic rings. The largest absolute Gasteiger partial charge is 0.340 e. The van der Waals surface area contributed by atoms with Gasteiger partial charge in [0.05, 0.1) is 0 Å². The number of hydrogen-bond donors (Lipinski definition) is 3. The minimum atomic E-state index is -0.310. The molecule has 0 spiro atoms. The lowest BCUT2D eigenvalue weighted by Gasteiger charge is -2.09. The number of carbonyl (C=O) groups is 2. The van der Waals surface area contributed by atoms with Crippen LogP contribution in [0.15, 0.2) is 54.9 Å². The maximum atomic E-state index is 12.5. The number of carbonyl (C=O) groups excluding carboxylic acids is 2. The second-order valence-electron chi connectivity index (χ2n) is 6.43. The quantitative estimate of drug-likeness (QED) is 0.625. The van der Waals surface area contributed by atoms with Gasteiger partial charge in [-0.1, -0.05) is 6.07 Å². The van der Waals surface area contributed by atoms with E-state index < -0.39 is 0 Å². The van der Waals surface area contributed by atoms with Gasteiger partial charge in [-0.25, -0.2) is 9.97 Å². The first-order chi connectivity index (χ1) is 13.4. The van der Waals surface area contributed by atoms with Crippen LogP contribution in [0.1, 0.15) is 28.5 Å².